The minimum atomic E-state index is -1.31. The predicted molar refractivity (Wildman–Crippen MR) is 178 cm³/mol. The molecule has 0 radical (unpaired) electrons. The van der Waals surface area contributed by atoms with Gasteiger partial charge in [-0.1, -0.05) is 58.7 Å². The van der Waals surface area contributed by atoms with Gasteiger partial charge in [-0.15, -0.1) is 13.2 Å². The summed E-state index contributed by atoms with van der Waals surface area (Å²) in [5.74, 6) is -2.23. The zero-order valence-electron chi connectivity index (χ0n) is 25.5. The molecule has 3 amide bonds. The largest absolute Gasteiger partial charge is 0.494 e. The van der Waals surface area contributed by atoms with E-state index in [0.29, 0.717) is 41.6 Å². The predicted octanol–water partition coefficient (Wildman–Crippen LogP) is 5.00. The number of carbonyl (C=O) groups excluding carboxylic acids is 3. The molecule has 3 aliphatic heterocycles. The molecule has 3 saturated heterocycles. The van der Waals surface area contributed by atoms with E-state index in [0.717, 1.165) is 0 Å². The molecule has 45 heavy (non-hydrogen) atoms. The number of rotatable bonds is 13. The third-order valence-electron chi connectivity index (χ3n) is 9.08. The van der Waals surface area contributed by atoms with E-state index in [1.165, 1.54) is 9.80 Å². The number of aliphatic hydroxyl groups excluding tert-OH is 1. The van der Waals surface area contributed by atoms with Crippen molar-refractivity contribution in [1.29, 1.82) is 0 Å². The van der Waals surface area contributed by atoms with E-state index in [1.807, 2.05) is 13.8 Å². The van der Waals surface area contributed by atoms with Crippen LogP contribution in [0.4, 0.5) is 11.4 Å². The molecule has 1 spiro atoms. The van der Waals surface area contributed by atoms with Crippen molar-refractivity contribution in [3.05, 3.63) is 78.9 Å². The summed E-state index contributed by atoms with van der Waals surface area (Å²) in [5, 5.41) is 10.8. The summed E-state index contributed by atoms with van der Waals surface area (Å²) in [7, 11) is 0. The zero-order chi connectivity index (χ0) is 32.5. The van der Waals surface area contributed by atoms with Gasteiger partial charge < -0.3 is 29.3 Å². The maximum absolute atomic E-state index is 14.8. The number of hydrogen-bond donors (Lipinski definition) is 1. The third kappa shape index (κ3) is 5.60. The topological polar surface area (TPSA) is 99.6 Å². The van der Waals surface area contributed by atoms with Crippen LogP contribution < -0.4 is 14.5 Å². The van der Waals surface area contributed by atoms with E-state index in [9.17, 15) is 19.5 Å². The SMILES string of the molecule is C=CCN(C(=O)[C@H]1[C@@H]2OC3(CC2Br)C(C(=O)N(CC=C)c2ccccc2Cl)N([C@@H](CC)CO)C(=O)[C@H]13)c1ccc(OCC)cc1. The van der Waals surface area contributed by atoms with Crippen molar-refractivity contribution >= 4 is 56.6 Å². The first kappa shape index (κ1) is 33.2. The Labute approximate surface area is 277 Å². The number of ether oxygens (including phenoxy) is 2. The molecule has 0 aliphatic carbocycles. The fraction of sp³-hybridized carbons (Fsp3) is 0.441. The highest BCUT2D eigenvalue weighted by atomic mass is 79.9. The van der Waals surface area contributed by atoms with Gasteiger partial charge in [0.15, 0.2) is 0 Å². The lowest BCUT2D eigenvalue weighted by Gasteiger charge is -2.39. The van der Waals surface area contributed by atoms with Crippen LogP contribution >= 0.6 is 27.5 Å². The highest BCUT2D eigenvalue weighted by Gasteiger charge is 2.77. The molecule has 2 aromatic rings. The lowest BCUT2D eigenvalue weighted by Crippen LogP contribution is -2.59. The van der Waals surface area contributed by atoms with Crippen molar-refractivity contribution < 1.29 is 29.0 Å². The Morgan fingerprint density at radius 2 is 1.80 bits per heavy atom. The Kier molecular flexibility index (Phi) is 10.1. The van der Waals surface area contributed by atoms with Crippen molar-refractivity contribution in [2.24, 2.45) is 11.8 Å². The standard InChI is InChI=1S/C34H39BrClN3O6/c1-5-17-37(22-13-15-23(16-14-22)44-8-4)31(41)27-28-32(42)39(21(7-3)20-40)30(34(28)19-24(35)29(27)45-34)33(43)38(18-6-2)26-12-10-9-11-25(26)36/h5-6,9-16,21,24,27-30,40H,1-2,7-8,17-20H2,3-4H3/t21-,24?,27+,28-,29+,30?,34?/m0/s1. The number of nitrogens with zero attached hydrogens (tertiary/aromatic N) is 3. The molecular formula is C34H39BrClN3O6. The zero-order valence-corrected chi connectivity index (χ0v) is 27.8. The number of fused-ring (bicyclic) bond motifs is 1. The number of alkyl halides is 1. The van der Waals surface area contributed by atoms with Gasteiger partial charge in [-0.3, -0.25) is 14.4 Å². The van der Waals surface area contributed by atoms with Gasteiger partial charge in [0.05, 0.1) is 47.9 Å². The van der Waals surface area contributed by atoms with Crippen LogP contribution in [-0.4, -0.2) is 82.6 Å². The summed E-state index contributed by atoms with van der Waals surface area (Å²) < 4.78 is 12.3. The van der Waals surface area contributed by atoms with Crippen LogP contribution in [0, 0.1) is 11.8 Å². The van der Waals surface area contributed by atoms with E-state index in [-0.39, 0.29) is 36.3 Å². The van der Waals surface area contributed by atoms with Crippen molar-refractivity contribution in [2.45, 2.75) is 55.3 Å². The molecule has 2 aromatic carbocycles. The van der Waals surface area contributed by atoms with Gasteiger partial charge in [0.25, 0.3) is 5.91 Å². The first-order chi connectivity index (χ1) is 21.7. The maximum Gasteiger partial charge on any atom is 0.253 e. The highest BCUT2D eigenvalue weighted by Crippen LogP contribution is 2.61. The minimum Gasteiger partial charge on any atom is -0.494 e. The van der Waals surface area contributed by atoms with Crippen LogP contribution in [0.1, 0.15) is 26.7 Å². The van der Waals surface area contributed by atoms with Crippen LogP contribution in [0.3, 0.4) is 0 Å². The number of para-hydroxylation sites is 1. The van der Waals surface area contributed by atoms with E-state index >= 15 is 0 Å². The van der Waals surface area contributed by atoms with Crippen molar-refractivity contribution in [2.75, 3.05) is 36.1 Å². The number of carbonyl (C=O) groups is 3. The summed E-state index contributed by atoms with van der Waals surface area (Å²) in [6, 6.07) is 12.4. The van der Waals surface area contributed by atoms with Crippen molar-refractivity contribution in [3.8, 4) is 5.75 Å². The van der Waals surface area contributed by atoms with Crippen LogP contribution in [0.5, 0.6) is 5.75 Å². The molecule has 1 N–H and O–H groups in total. The van der Waals surface area contributed by atoms with Crippen molar-refractivity contribution in [1.82, 2.24) is 4.90 Å². The Morgan fingerprint density at radius 3 is 2.40 bits per heavy atom. The smallest absolute Gasteiger partial charge is 0.253 e. The number of benzene rings is 2. The van der Waals surface area contributed by atoms with E-state index in [1.54, 1.807) is 65.6 Å². The van der Waals surface area contributed by atoms with Gasteiger partial charge in [-0.2, -0.15) is 0 Å². The molecule has 3 heterocycles. The molecule has 240 valence electrons. The normalized spacial score (nSPS) is 27.2. The second-order valence-electron chi connectivity index (χ2n) is 11.5. The number of anilines is 2. The second-order valence-corrected chi connectivity index (χ2v) is 13.1. The fourth-order valence-corrected chi connectivity index (χ4v) is 8.39. The van der Waals surface area contributed by atoms with Gasteiger partial charge in [0.1, 0.15) is 17.4 Å². The van der Waals surface area contributed by atoms with Crippen LogP contribution in [0.2, 0.25) is 5.02 Å². The molecule has 11 heteroatoms. The Morgan fingerprint density at radius 1 is 1.13 bits per heavy atom. The summed E-state index contributed by atoms with van der Waals surface area (Å²) >= 11 is 10.3. The Balaban J connectivity index is 1.60. The quantitative estimate of drug-likeness (QED) is 0.234. The molecule has 7 atom stereocenters. The molecule has 3 unspecified atom stereocenters. The number of likely N-dealkylation sites (tertiary alicyclic amines) is 1. The summed E-state index contributed by atoms with van der Waals surface area (Å²) in [6.45, 7) is 11.9. The fourth-order valence-electron chi connectivity index (χ4n) is 7.21. The Hall–Kier alpha value is -3.18. The first-order valence-electron chi connectivity index (χ1n) is 15.3. The molecule has 0 aromatic heterocycles. The van der Waals surface area contributed by atoms with Crippen LogP contribution in [-0.2, 0) is 19.1 Å². The van der Waals surface area contributed by atoms with Crippen LogP contribution in [0.25, 0.3) is 0 Å². The lowest BCUT2D eigenvalue weighted by atomic mass is 9.70. The van der Waals surface area contributed by atoms with Gasteiger partial charge in [0.2, 0.25) is 11.8 Å². The number of aliphatic hydroxyl groups is 1. The van der Waals surface area contributed by atoms with Crippen molar-refractivity contribution in [3.63, 3.8) is 0 Å². The number of halogens is 2. The average Bonchev–Trinajstić information content (AvgIpc) is 3.63. The second kappa shape index (κ2) is 13.7. The van der Waals surface area contributed by atoms with E-state index in [2.05, 4.69) is 29.1 Å². The molecule has 3 fully saturated rings. The Bertz CT molecular complexity index is 1450. The summed E-state index contributed by atoms with van der Waals surface area (Å²) in [6.07, 6.45) is 3.31. The van der Waals surface area contributed by atoms with Gasteiger partial charge in [-0.25, -0.2) is 0 Å². The lowest BCUT2D eigenvalue weighted by molar-refractivity contribution is -0.144. The van der Waals surface area contributed by atoms with Gasteiger partial charge >= 0.3 is 0 Å². The van der Waals surface area contributed by atoms with Gasteiger partial charge in [-0.05, 0) is 56.2 Å². The molecular weight excluding hydrogens is 662 g/mol. The average molecular weight is 701 g/mol. The monoisotopic (exact) mass is 699 g/mol. The minimum absolute atomic E-state index is 0.131. The third-order valence-corrected chi connectivity index (χ3v) is 10.2. The van der Waals surface area contributed by atoms with Gasteiger partial charge in [0, 0.05) is 23.6 Å². The number of hydrogen-bond acceptors (Lipinski definition) is 6. The number of amides is 3. The van der Waals surface area contributed by atoms with Crippen LogP contribution in [0.15, 0.2) is 73.8 Å². The highest BCUT2D eigenvalue weighted by molar-refractivity contribution is 9.09. The van der Waals surface area contributed by atoms with E-state index < -0.39 is 41.5 Å². The molecule has 5 rings (SSSR count). The summed E-state index contributed by atoms with van der Waals surface area (Å²) in [5.41, 5.74) is -0.217. The first-order valence-corrected chi connectivity index (χ1v) is 16.5. The molecule has 3 aliphatic rings. The maximum atomic E-state index is 14.8. The molecule has 2 bridgehead atoms. The summed E-state index contributed by atoms with van der Waals surface area (Å²) in [4.78, 5) is 48.2. The van der Waals surface area contributed by atoms with E-state index in [4.69, 9.17) is 21.1 Å². The molecule has 9 nitrogen and oxygen atoms in total. The molecule has 0 saturated carbocycles.